The summed E-state index contributed by atoms with van der Waals surface area (Å²) in [7, 11) is 0. The number of ketones is 2. The Labute approximate surface area is 147 Å². The first-order chi connectivity index (χ1) is 11.3. The summed E-state index contributed by atoms with van der Waals surface area (Å²) in [6.45, 7) is 6.28. The molecule has 24 heavy (non-hydrogen) atoms. The number of nitrogens with one attached hydrogen (secondary N) is 1. The number of hydrogen-bond donors (Lipinski definition) is 1. The van der Waals surface area contributed by atoms with Crippen LogP contribution in [0.2, 0.25) is 5.02 Å². The fraction of sp³-hybridized carbons (Fsp3) is 0.400. The average Bonchev–Trinajstić information content (AvgIpc) is 2.93. The van der Waals surface area contributed by atoms with Crippen molar-refractivity contribution >= 4 is 34.1 Å². The van der Waals surface area contributed by atoms with Crippen molar-refractivity contribution in [2.75, 3.05) is 0 Å². The molecule has 1 N–H and O–H groups in total. The summed E-state index contributed by atoms with van der Waals surface area (Å²) in [6, 6.07) is 5.70. The first-order valence-electron chi connectivity index (χ1n) is 8.28. The van der Waals surface area contributed by atoms with Crippen molar-refractivity contribution in [1.82, 2.24) is 4.98 Å². The molecule has 1 aliphatic rings. The van der Waals surface area contributed by atoms with E-state index in [1.807, 2.05) is 30.5 Å². The maximum atomic E-state index is 12.6. The molecule has 0 atom stereocenters. The molecule has 0 spiro atoms. The van der Waals surface area contributed by atoms with Gasteiger partial charge in [0, 0.05) is 40.9 Å². The number of rotatable bonds is 2. The van der Waals surface area contributed by atoms with Gasteiger partial charge >= 0.3 is 0 Å². The third-order valence-electron chi connectivity index (χ3n) is 4.51. The van der Waals surface area contributed by atoms with Crippen molar-refractivity contribution < 1.29 is 9.59 Å². The van der Waals surface area contributed by atoms with E-state index in [-0.39, 0.29) is 22.9 Å². The van der Waals surface area contributed by atoms with Crippen molar-refractivity contribution in [3.05, 3.63) is 46.6 Å². The second kappa shape index (κ2) is 6.21. The molecule has 1 saturated carbocycles. The summed E-state index contributed by atoms with van der Waals surface area (Å²) in [5.74, 6) is -0.281. The zero-order valence-electron chi connectivity index (χ0n) is 14.3. The number of H-pyrrole nitrogens is 1. The summed E-state index contributed by atoms with van der Waals surface area (Å²) >= 11 is 6.40. The summed E-state index contributed by atoms with van der Waals surface area (Å²) in [5, 5.41) is 1.62. The second-order valence-electron chi connectivity index (χ2n) is 7.73. The molecule has 1 heterocycles. The minimum absolute atomic E-state index is 0.0600. The number of carbonyl (C=O) groups is 2. The number of aromatic amines is 1. The highest BCUT2D eigenvalue weighted by Gasteiger charge is 2.33. The number of Topliss-reactive ketones (excluding diaryl/α,β-unsaturated/α-hetero) is 2. The largest absolute Gasteiger partial charge is 0.361 e. The lowest BCUT2D eigenvalue weighted by molar-refractivity contribution is -0.124. The fourth-order valence-electron chi connectivity index (χ4n) is 3.28. The first-order valence-corrected chi connectivity index (χ1v) is 8.66. The molecule has 0 unspecified atom stereocenters. The van der Waals surface area contributed by atoms with Gasteiger partial charge in [-0.25, -0.2) is 0 Å². The molecule has 3 nitrogen and oxygen atoms in total. The molecule has 1 fully saturated rings. The maximum Gasteiger partial charge on any atom is 0.166 e. The number of benzene rings is 1. The van der Waals surface area contributed by atoms with Gasteiger partial charge in [0.15, 0.2) is 11.6 Å². The van der Waals surface area contributed by atoms with Crippen LogP contribution in [0.25, 0.3) is 10.9 Å². The quantitative estimate of drug-likeness (QED) is 0.601. The Morgan fingerprint density at radius 3 is 2.46 bits per heavy atom. The Morgan fingerprint density at radius 2 is 1.83 bits per heavy atom. The normalized spacial score (nSPS) is 19.2. The summed E-state index contributed by atoms with van der Waals surface area (Å²) < 4.78 is 0. The van der Waals surface area contributed by atoms with E-state index in [2.05, 4.69) is 25.8 Å². The maximum absolute atomic E-state index is 12.6. The highest BCUT2D eigenvalue weighted by Crippen LogP contribution is 2.39. The van der Waals surface area contributed by atoms with Gasteiger partial charge in [0.1, 0.15) is 0 Å². The molecule has 1 aromatic carbocycles. The van der Waals surface area contributed by atoms with E-state index in [4.69, 9.17) is 11.6 Å². The van der Waals surface area contributed by atoms with E-state index in [1.54, 1.807) is 0 Å². The van der Waals surface area contributed by atoms with E-state index >= 15 is 0 Å². The van der Waals surface area contributed by atoms with Gasteiger partial charge in [-0.2, -0.15) is 0 Å². The SMILES string of the molecule is CC(C)(C)CC=C1C(=O)CC(c2c(Cl)ccc3[nH]ccc23)CC1=O. The number of aromatic nitrogens is 1. The lowest BCUT2D eigenvalue weighted by atomic mass is 9.78. The Bertz CT molecular complexity index is 819. The summed E-state index contributed by atoms with van der Waals surface area (Å²) in [6.07, 6.45) is 5.07. The average molecular weight is 344 g/mol. The lowest BCUT2D eigenvalue weighted by Crippen LogP contribution is -2.25. The molecule has 0 amide bonds. The Hall–Kier alpha value is -1.87. The van der Waals surface area contributed by atoms with E-state index in [0.717, 1.165) is 22.9 Å². The molecule has 0 radical (unpaired) electrons. The molecule has 0 saturated heterocycles. The number of hydrogen-bond acceptors (Lipinski definition) is 2. The summed E-state index contributed by atoms with van der Waals surface area (Å²) in [4.78, 5) is 28.3. The Kier molecular flexibility index (Phi) is 4.39. The zero-order chi connectivity index (χ0) is 17.5. The summed E-state index contributed by atoms with van der Waals surface area (Å²) in [5.41, 5.74) is 2.32. The van der Waals surface area contributed by atoms with Gasteiger partial charge in [-0.3, -0.25) is 9.59 Å². The van der Waals surface area contributed by atoms with Crippen LogP contribution >= 0.6 is 11.6 Å². The van der Waals surface area contributed by atoms with E-state index < -0.39 is 0 Å². The second-order valence-corrected chi connectivity index (χ2v) is 8.14. The van der Waals surface area contributed by atoms with E-state index in [9.17, 15) is 9.59 Å². The van der Waals surface area contributed by atoms with Crippen molar-refractivity contribution in [2.45, 2.75) is 46.0 Å². The highest BCUT2D eigenvalue weighted by molar-refractivity contribution is 6.32. The van der Waals surface area contributed by atoms with Gasteiger partial charge in [-0.05, 0) is 35.6 Å². The third kappa shape index (κ3) is 3.32. The van der Waals surface area contributed by atoms with Crippen LogP contribution in [-0.4, -0.2) is 16.6 Å². The van der Waals surface area contributed by atoms with Crippen molar-refractivity contribution in [1.29, 1.82) is 0 Å². The molecule has 0 aliphatic heterocycles. The molecule has 0 bridgehead atoms. The van der Waals surface area contributed by atoms with Crippen LogP contribution in [0.1, 0.15) is 51.5 Å². The van der Waals surface area contributed by atoms with Gasteiger partial charge in [0.05, 0.1) is 5.57 Å². The van der Waals surface area contributed by atoms with Crippen LogP contribution in [0, 0.1) is 5.41 Å². The van der Waals surface area contributed by atoms with E-state index in [1.165, 1.54) is 0 Å². The van der Waals surface area contributed by atoms with Gasteiger partial charge in [0.2, 0.25) is 0 Å². The topological polar surface area (TPSA) is 49.9 Å². The monoisotopic (exact) mass is 343 g/mol. The minimum atomic E-state index is -0.149. The van der Waals surface area contributed by atoms with Crippen molar-refractivity contribution in [3.63, 3.8) is 0 Å². The van der Waals surface area contributed by atoms with Crippen molar-refractivity contribution in [3.8, 4) is 0 Å². The molecule has 1 aromatic heterocycles. The molecule has 126 valence electrons. The predicted octanol–water partition coefficient (Wildman–Crippen LogP) is 5.20. The fourth-order valence-corrected chi connectivity index (χ4v) is 3.60. The molecular weight excluding hydrogens is 322 g/mol. The number of fused-ring (bicyclic) bond motifs is 1. The van der Waals surface area contributed by atoms with Gasteiger partial charge in [-0.15, -0.1) is 0 Å². The van der Waals surface area contributed by atoms with Crippen molar-refractivity contribution in [2.24, 2.45) is 5.41 Å². The Balaban J connectivity index is 1.91. The van der Waals surface area contributed by atoms with Crippen LogP contribution < -0.4 is 0 Å². The van der Waals surface area contributed by atoms with Crippen LogP contribution in [0.15, 0.2) is 36.0 Å². The highest BCUT2D eigenvalue weighted by atomic mass is 35.5. The van der Waals surface area contributed by atoms with E-state index in [0.29, 0.717) is 23.4 Å². The lowest BCUT2D eigenvalue weighted by Gasteiger charge is -2.25. The molecule has 3 rings (SSSR count). The standard InChI is InChI=1S/C20H22ClNO2/c1-20(2,3)8-6-14-17(23)10-12(11-18(14)24)19-13-7-9-22-16(13)5-4-15(19)21/h4-7,9,12,22H,8,10-11H2,1-3H3. The molecular formula is C20H22ClNO2. The predicted molar refractivity (Wildman–Crippen MR) is 97.5 cm³/mol. The van der Waals surface area contributed by atoms with Crippen LogP contribution in [0.5, 0.6) is 0 Å². The van der Waals surface area contributed by atoms with Gasteiger partial charge in [-0.1, -0.05) is 38.4 Å². The minimum Gasteiger partial charge on any atom is -0.361 e. The molecule has 1 aliphatic carbocycles. The van der Waals surface area contributed by atoms with Gasteiger partial charge < -0.3 is 4.98 Å². The van der Waals surface area contributed by atoms with Gasteiger partial charge in [0.25, 0.3) is 0 Å². The van der Waals surface area contributed by atoms with Crippen LogP contribution in [-0.2, 0) is 9.59 Å². The third-order valence-corrected chi connectivity index (χ3v) is 4.84. The molecule has 2 aromatic rings. The number of halogens is 1. The first kappa shape index (κ1) is 17.0. The van der Waals surface area contributed by atoms with Crippen LogP contribution in [0.3, 0.4) is 0 Å². The number of carbonyl (C=O) groups excluding carboxylic acids is 2. The van der Waals surface area contributed by atoms with Crippen LogP contribution in [0.4, 0.5) is 0 Å². The zero-order valence-corrected chi connectivity index (χ0v) is 15.0. The Morgan fingerprint density at radius 1 is 1.17 bits per heavy atom. The molecule has 4 heteroatoms. The number of allylic oxidation sites excluding steroid dienone is 2. The smallest absolute Gasteiger partial charge is 0.166 e.